The smallest absolute Gasteiger partial charge is 0.338 e. The topological polar surface area (TPSA) is 78.3 Å². The third-order valence-corrected chi connectivity index (χ3v) is 7.02. The number of benzene rings is 2. The minimum Gasteiger partial charge on any atom is -0.494 e. The van der Waals surface area contributed by atoms with Gasteiger partial charge in [0, 0.05) is 16.5 Å². The molecule has 0 amide bonds. The Kier molecular flexibility index (Phi) is 8.93. The maximum absolute atomic E-state index is 13.1. The van der Waals surface area contributed by atoms with Gasteiger partial charge in [-0.25, -0.2) is 9.48 Å². The molecule has 0 radical (unpaired) electrons. The largest absolute Gasteiger partial charge is 0.494 e. The summed E-state index contributed by atoms with van der Waals surface area (Å²) in [5.41, 5.74) is 3.13. The molecule has 1 aromatic heterocycles. The number of hydrogen-bond acceptors (Lipinski definition) is 7. The molecule has 9 heteroatoms. The number of thioether (sulfide) groups is 1. The van der Waals surface area contributed by atoms with Crippen LogP contribution in [0, 0.1) is 0 Å². The maximum Gasteiger partial charge on any atom is 0.338 e. The highest BCUT2D eigenvalue weighted by Gasteiger charge is 2.35. The average molecular weight is 527 g/mol. The summed E-state index contributed by atoms with van der Waals surface area (Å²) >= 11 is 7.82. The van der Waals surface area contributed by atoms with E-state index < -0.39 is 6.04 Å². The third-order valence-electron chi connectivity index (χ3n) is 5.77. The first-order valence-electron chi connectivity index (χ1n) is 12.2. The van der Waals surface area contributed by atoms with Crippen molar-refractivity contribution in [1.82, 2.24) is 14.8 Å². The van der Waals surface area contributed by atoms with Crippen molar-refractivity contribution < 1.29 is 14.3 Å². The third kappa shape index (κ3) is 6.05. The van der Waals surface area contributed by atoms with Crippen molar-refractivity contribution in [3.63, 3.8) is 0 Å². The molecule has 0 aliphatic carbocycles. The molecule has 2 aromatic carbocycles. The van der Waals surface area contributed by atoms with Gasteiger partial charge in [0.15, 0.2) is 0 Å². The molecule has 7 nitrogen and oxygen atoms in total. The van der Waals surface area contributed by atoms with Crippen LogP contribution in [0.3, 0.4) is 0 Å². The van der Waals surface area contributed by atoms with Crippen molar-refractivity contribution in [2.75, 3.05) is 18.5 Å². The van der Waals surface area contributed by atoms with Gasteiger partial charge in [0.2, 0.25) is 11.1 Å². The molecule has 0 saturated carbocycles. The molecule has 1 atom stereocenters. The summed E-state index contributed by atoms with van der Waals surface area (Å²) in [6, 6.07) is 15.1. The number of carbonyl (C=O) groups excluding carboxylic acids is 1. The first-order valence-corrected chi connectivity index (χ1v) is 13.6. The van der Waals surface area contributed by atoms with Gasteiger partial charge in [0.1, 0.15) is 11.8 Å². The quantitative estimate of drug-likeness (QED) is 0.170. The molecule has 0 saturated heterocycles. The molecule has 1 unspecified atom stereocenters. The number of halogens is 1. The molecule has 3 aromatic rings. The molecule has 0 bridgehead atoms. The highest BCUT2D eigenvalue weighted by Crippen LogP contribution is 2.37. The Morgan fingerprint density at radius 3 is 2.61 bits per heavy atom. The van der Waals surface area contributed by atoms with Crippen LogP contribution in [0.15, 0.2) is 65.0 Å². The second kappa shape index (κ2) is 12.3. The number of carbonyl (C=O) groups is 1. The lowest BCUT2D eigenvalue weighted by atomic mass is 9.96. The summed E-state index contributed by atoms with van der Waals surface area (Å²) in [6.45, 7) is 7.01. The lowest BCUT2D eigenvalue weighted by Gasteiger charge is -2.28. The standard InChI is InChI=1S/C27H31ClN4O3S/c1-4-6-16-34-21-13-11-19(12-14-21)24-23(25(33)35-15-5-2)18(3)29-26-30-27(31-32(24)26)36-17-20-9-7-8-10-22(20)28/h7-14,24H,4-6,15-17H2,1-3H3,(H,29,30,31). The summed E-state index contributed by atoms with van der Waals surface area (Å²) in [6.07, 6.45) is 2.83. The Balaban J connectivity index is 1.64. The number of nitrogens with zero attached hydrogens (tertiary/aromatic N) is 3. The van der Waals surface area contributed by atoms with Gasteiger partial charge in [-0.3, -0.25) is 0 Å². The number of rotatable bonds is 11. The van der Waals surface area contributed by atoms with E-state index in [-0.39, 0.29) is 5.97 Å². The van der Waals surface area contributed by atoms with E-state index in [1.165, 1.54) is 11.8 Å². The van der Waals surface area contributed by atoms with Gasteiger partial charge in [-0.15, -0.1) is 5.10 Å². The molecule has 1 aliphatic rings. The molecule has 0 fully saturated rings. The summed E-state index contributed by atoms with van der Waals surface area (Å²) in [4.78, 5) is 17.8. The first-order chi connectivity index (χ1) is 17.5. The van der Waals surface area contributed by atoms with E-state index in [1.807, 2.05) is 62.4 Å². The molecular weight excluding hydrogens is 496 g/mol. The lowest BCUT2D eigenvalue weighted by molar-refractivity contribution is -0.139. The van der Waals surface area contributed by atoms with E-state index in [4.69, 9.17) is 31.2 Å². The lowest BCUT2D eigenvalue weighted by Crippen LogP contribution is -2.29. The Morgan fingerprint density at radius 1 is 1.11 bits per heavy atom. The van der Waals surface area contributed by atoms with Crippen LogP contribution < -0.4 is 10.1 Å². The van der Waals surface area contributed by atoms with Gasteiger partial charge < -0.3 is 14.8 Å². The second-order valence-corrected chi connectivity index (χ2v) is 9.87. The van der Waals surface area contributed by atoms with E-state index in [0.29, 0.717) is 46.4 Å². The van der Waals surface area contributed by atoms with Gasteiger partial charge in [0.25, 0.3) is 0 Å². The number of anilines is 1. The van der Waals surface area contributed by atoms with Crippen molar-refractivity contribution in [2.45, 2.75) is 57.0 Å². The fourth-order valence-electron chi connectivity index (χ4n) is 3.88. The molecule has 2 heterocycles. The normalized spacial score (nSPS) is 14.8. The van der Waals surface area contributed by atoms with Crippen molar-refractivity contribution in [2.24, 2.45) is 0 Å². The van der Waals surface area contributed by atoms with Crippen LogP contribution in [0.1, 0.15) is 57.2 Å². The van der Waals surface area contributed by atoms with E-state index in [9.17, 15) is 4.79 Å². The van der Waals surface area contributed by atoms with Crippen LogP contribution in [0.4, 0.5) is 5.95 Å². The zero-order valence-corrected chi connectivity index (χ0v) is 22.4. The number of unbranched alkanes of at least 4 members (excludes halogenated alkanes) is 1. The molecule has 1 N–H and O–H groups in total. The molecule has 190 valence electrons. The van der Waals surface area contributed by atoms with Gasteiger partial charge in [-0.1, -0.05) is 74.0 Å². The fourth-order valence-corrected chi connectivity index (χ4v) is 4.99. The van der Waals surface area contributed by atoms with Crippen LogP contribution in [0.25, 0.3) is 0 Å². The van der Waals surface area contributed by atoms with E-state index in [2.05, 4.69) is 12.2 Å². The predicted molar refractivity (Wildman–Crippen MR) is 144 cm³/mol. The number of esters is 1. The zero-order valence-electron chi connectivity index (χ0n) is 20.8. The van der Waals surface area contributed by atoms with E-state index >= 15 is 0 Å². The van der Waals surface area contributed by atoms with Crippen LogP contribution in [0.2, 0.25) is 5.02 Å². The minimum absolute atomic E-state index is 0.357. The van der Waals surface area contributed by atoms with E-state index in [1.54, 1.807) is 4.68 Å². The van der Waals surface area contributed by atoms with Gasteiger partial charge in [0.05, 0.1) is 18.8 Å². The van der Waals surface area contributed by atoms with Crippen LogP contribution in [-0.4, -0.2) is 33.9 Å². The molecule has 1 aliphatic heterocycles. The van der Waals surface area contributed by atoms with E-state index in [0.717, 1.165) is 36.1 Å². The van der Waals surface area contributed by atoms with Crippen LogP contribution in [-0.2, 0) is 15.3 Å². The Bertz CT molecular complexity index is 1230. The van der Waals surface area contributed by atoms with Crippen LogP contribution >= 0.6 is 23.4 Å². The summed E-state index contributed by atoms with van der Waals surface area (Å²) in [7, 11) is 0. The second-order valence-electron chi connectivity index (χ2n) is 8.52. The van der Waals surface area contributed by atoms with Crippen molar-refractivity contribution in [1.29, 1.82) is 0 Å². The number of aromatic nitrogens is 3. The summed E-state index contributed by atoms with van der Waals surface area (Å²) in [5.74, 6) is 1.65. The maximum atomic E-state index is 13.1. The van der Waals surface area contributed by atoms with Crippen molar-refractivity contribution in [3.05, 3.63) is 76.0 Å². The Hall–Kier alpha value is -2.97. The monoisotopic (exact) mass is 526 g/mol. The van der Waals surface area contributed by atoms with Crippen molar-refractivity contribution >= 4 is 35.3 Å². The fraction of sp³-hybridized carbons (Fsp3) is 0.370. The van der Waals surface area contributed by atoms with Gasteiger partial charge in [-0.2, -0.15) is 4.98 Å². The van der Waals surface area contributed by atoms with Crippen LogP contribution in [0.5, 0.6) is 5.75 Å². The Morgan fingerprint density at radius 2 is 1.89 bits per heavy atom. The number of allylic oxidation sites excluding steroid dienone is 1. The molecular formula is C27H31ClN4O3S. The summed E-state index contributed by atoms with van der Waals surface area (Å²) in [5, 5.41) is 9.33. The predicted octanol–water partition coefficient (Wildman–Crippen LogP) is 6.64. The Labute approximate surface area is 221 Å². The van der Waals surface area contributed by atoms with Gasteiger partial charge >= 0.3 is 5.97 Å². The number of nitrogens with one attached hydrogen (secondary N) is 1. The van der Waals surface area contributed by atoms with Gasteiger partial charge in [-0.05, 0) is 49.1 Å². The number of hydrogen-bond donors (Lipinski definition) is 1. The molecule has 36 heavy (non-hydrogen) atoms. The van der Waals surface area contributed by atoms with Crippen molar-refractivity contribution in [3.8, 4) is 5.75 Å². The average Bonchev–Trinajstić information content (AvgIpc) is 3.29. The number of fused-ring (bicyclic) bond motifs is 1. The molecule has 0 spiro atoms. The zero-order chi connectivity index (χ0) is 25.5. The SMILES string of the molecule is CCCCOc1ccc(C2C(C(=O)OCCC)=C(C)Nc3nc(SCc4ccccc4Cl)nn32)cc1. The highest BCUT2D eigenvalue weighted by molar-refractivity contribution is 7.98. The highest BCUT2D eigenvalue weighted by atomic mass is 35.5. The first kappa shape index (κ1) is 26.1. The number of ether oxygens (including phenoxy) is 2. The summed E-state index contributed by atoms with van der Waals surface area (Å²) < 4.78 is 13.1. The molecule has 4 rings (SSSR count). The minimum atomic E-state index is -0.475.